The molecule has 1 aromatic rings. The van der Waals surface area contributed by atoms with Gasteiger partial charge in [0, 0.05) is 6.20 Å². The van der Waals surface area contributed by atoms with Gasteiger partial charge in [0.15, 0.2) is 0 Å². The van der Waals surface area contributed by atoms with Crippen molar-refractivity contribution in [3.05, 3.63) is 45.7 Å². The first-order chi connectivity index (χ1) is 9.56. The zero-order chi connectivity index (χ0) is 14.7. The number of hydrogen-bond acceptors (Lipinski definition) is 3. The lowest BCUT2D eigenvalue weighted by molar-refractivity contribution is 0.215. The number of rotatable bonds is 4. The quantitative estimate of drug-likeness (QED) is 0.828. The summed E-state index contributed by atoms with van der Waals surface area (Å²) in [6, 6.07) is 5.73. The van der Waals surface area contributed by atoms with E-state index < -0.39 is 0 Å². The predicted molar refractivity (Wildman–Crippen MR) is 87.1 cm³/mol. The van der Waals surface area contributed by atoms with Crippen LogP contribution >= 0.6 is 35.4 Å². The van der Waals surface area contributed by atoms with Crippen LogP contribution in [0.15, 0.2) is 30.1 Å². The Hall–Kier alpha value is -0.810. The smallest absolute Gasteiger partial charge is 0.0990 e. The van der Waals surface area contributed by atoms with E-state index >= 15 is 0 Å². The fourth-order valence-corrected chi connectivity index (χ4v) is 2.86. The summed E-state index contributed by atoms with van der Waals surface area (Å²) in [6.45, 7) is 2.64. The van der Waals surface area contributed by atoms with Crippen molar-refractivity contribution >= 4 is 40.4 Å². The average molecular weight is 331 g/mol. The van der Waals surface area contributed by atoms with Crippen LogP contribution in [0, 0.1) is 0 Å². The Kier molecular flexibility index (Phi) is 5.27. The molecule has 1 atom stereocenters. The maximum Gasteiger partial charge on any atom is 0.0990 e. The largest absolute Gasteiger partial charge is 0.390 e. The molecule has 1 aliphatic rings. The number of benzene rings is 1. The third-order valence-corrected chi connectivity index (χ3v) is 4.32. The van der Waals surface area contributed by atoms with E-state index in [9.17, 15) is 5.11 Å². The number of nitrogens with one attached hydrogen (secondary N) is 1. The van der Waals surface area contributed by atoms with Gasteiger partial charge >= 0.3 is 0 Å². The van der Waals surface area contributed by atoms with Gasteiger partial charge < -0.3 is 15.3 Å². The molecule has 0 saturated heterocycles. The van der Waals surface area contributed by atoms with Crippen LogP contribution in [0.2, 0.25) is 10.0 Å². The summed E-state index contributed by atoms with van der Waals surface area (Å²) in [7, 11) is 0. The van der Waals surface area contributed by atoms with Crippen LogP contribution in [0.1, 0.15) is 24.9 Å². The van der Waals surface area contributed by atoms with Crippen LogP contribution in [0.5, 0.6) is 0 Å². The van der Waals surface area contributed by atoms with Gasteiger partial charge in [0.25, 0.3) is 0 Å². The van der Waals surface area contributed by atoms with Crippen molar-refractivity contribution in [2.75, 3.05) is 13.2 Å². The highest BCUT2D eigenvalue weighted by Crippen LogP contribution is 2.32. The lowest BCUT2D eigenvalue weighted by Crippen LogP contribution is -2.42. The Morgan fingerprint density at radius 2 is 2.15 bits per heavy atom. The molecule has 1 heterocycles. The van der Waals surface area contributed by atoms with E-state index in [1.165, 1.54) is 0 Å². The number of thiocarbonyl (C=S) groups is 1. The lowest BCUT2D eigenvalue weighted by Gasteiger charge is -2.37. The maximum absolute atomic E-state index is 9.50. The Labute approximate surface area is 134 Å². The first kappa shape index (κ1) is 15.6. The van der Waals surface area contributed by atoms with Crippen LogP contribution in [-0.4, -0.2) is 28.1 Å². The van der Waals surface area contributed by atoms with E-state index in [1.54, 1.807) is 12.3 Å². The highest BCUT2D eigenvalue weighted by Gasteiger charge is 2.24. The summed E-state index contributed by atoms with van der Waals surface area (Å²) < 4.78 is 0. The molecule has 0 aliphatic carbocycles. The molecule has 0 saturated carbocycles. The summed E-state index contributed by atoms with van der Waals surface area (Å²) in [4.78, 5) is 2.83. The summed E-state index contributed by atoms with van der Waals surface area (Å²) >= 11 is 17.3. The van der Waals surface area contributed by atoms with Gasteiger partial charge in [-0.05, 0) is 24.1 Å². The second-order valence-corrected chi connectivity index (χ2v) is 5.89. The molecule has 6 heteroatoms. The number of aliphatic hydroxyl groups excluding tert-OH is 1. The van der Waals surface area contributed by atoms with Crippen molar-refractivity contribution < 1.29 is 5.11 Å². The van der Waals surface area contributed by atoms with E-state index in [-0.39, 0.29) is 12.6 Å². The molecule has 0 spiro atoms. The molecule has 20 heavy (non-hydrogen) atoms. The number of halogens is 2. The second-order valence-electron chi connectivity index (χ2n) is 4.59. The van der Waals surface area contributed by atoms with Gasteiger partial charge in [-0.2, -0.15) is 0 Å². The summed E-state index contributed by atoms with van der Waals surface area (Å²) in [6.07, 6.45) is 2.63. The first-order valence-electron chi connectivity index (χ1n) is 6.37. The fraction of sp³-hybridized carbons (Fsp3) is 0.357. The highest BCUT2D eigenvalue weighted by molar-refractivity contribution is 7.80. The molecule has 1 aromatic carbocycles. The molecule has 108 valence electrons. The molecule has 0 bridgehead atoms. The van der Waals surface area contributed by atoms with Crippen molar-refractivity contribution in [1.29, 1.82) is 0 Å². The average Bonchev–Trinajstić information content (AvgIpc) is 2.44. The zero-order valence-corrected chi connectivity index (χ0v) is 13.4. The van der Waals surface area contributed by atoms with Crippen molar-refractivity contribution in [3.63, 3.8) is 0 Å². The van der Waals surface area contributed by atoms with E-state index in [1.807, 2.05) is 12.1 Å². The first-order valence-corrected chi connectivity index (χ1v) is 7.54. The second kappa shape index (κ2) is 6.76. The maximum atomic E-state index is 9.50. The summed E-state index contributed by atoms with van der Waals surface area (Å²) in [5.74, 6) is 0. The zero-order valence-electron chi connectivity index (χ0n) is 11.1. The molecular weight excluding hydrogens is 315 g/mol. The van der Waals surface area contributed by atoms with Crippen LogP contribution in [0.3, 0.4) is 0 Å². The number of hydrogen-bond donors (Lipinski definition) is 2. The van der Waals surface area contributed by atoms with E-state index in [4.69, 9.17) is 35.4 Å². The summed E-state index contributed by atoms with van der Waals surface area (Å²) in [5, 5.41) is 13.6. The third-order valence-electron chi connectivity index (χ3n) is 3.34. The molecule has 0 radical (unpaired) electrons. The van der Waals surface area contributed by atoms with Crippen LogP contribution in [0.4, 0.5) is 0 Å². The van der Waals surface area contributed by atoms with Gasteiger partial charge in [-0.25, -0.2) is 0 Å². The topological polar surface area (TPSA) is 35.5 Å². The van der Waals surface area contributed by atoms with E-state index in [0.717, 1.165) is 22.7 Å². The lowest BCUT2D eigenvalue weighted by atomic mass is 10.0. The third kappa shape index (κ3) is 3.26. The molecular formula is C14H16Cl2N2OS. The van der Waals surface area contributed by atoms with Crippen LogP contribution < -0.4 is 5.32 Å². The highest BCUT2D eigenvalue weighted by atomic mass is 35.5. The normalized spacial score (nSPS) is 16.7. The molecule has 2 N–H and O–H groups in total. The van der Waals surface area contributed by atoms with Crippen molar-refractivity contribution in [2.24, 2.45) is 0 Å². The molecule has 1 aliphatic heterocycles. The number of nitrogens with zero attached hydrogens (tertiary/aromatic N) is 1. The van der Waals surface area contributed by atoms with Crippen molar-refractivity contribution in [1.82, 2.24) is 10.2 Å². The van der Waals surface area contributed by atoms with Gasteiger partial charge in [-0.1, -0.05) is 48.4 Å². The van der Waals surface area contributed by atoms with Gasteiger partial charge in [0.1, 0.15) is 0 Å². The predicted octanol–water partition coefficient (Wildman–Crippen LogP) is 3.51. The van der Waals surface area contributed by atoms with Gasteiger partial charge in [0.2, 0.25) is 0 Å². The molecule has 2 rings (SSSR count). The SMILES string of the molecule is CCC(c1ccc(Cl)c(Cl)c1)N1CC(=S)NC=C1CO. The molecule has 3 nitrogen and oxygen atoms in total. The van der Waals surface area contributed by atoms with E-state index in [0.29, 0.717) is 16.6 Å². The van der Waals surface area contributed by atoms with E-state index in [2.05, 4.69) is 17.1 Å². The van der Waals surface area contributed by atoms with Gasteiger partial charge in [-0.15, -0.1) is 0 Å². The standard InChI is InChI=1S/C14H16Cl2N2OS/c1-2-13(9-3-4-11(15)12(16)5-9)18-7-14(20)17-6-10(18)8-19/h3-6,13,19H,2,7-8H2,1H3,(H,17,20). The molecule has 0 aromatic heterocycles. The van der Waals surface area contributed by atoms with Gasteiger partial charge in [-0.3, -0.25) is 0 Å². The minimum absolute atomic E-state index is 0.0343. The van der Waals surface area contributed by atoms with Crippen molar-refractivity contribution in [3.8, 4) is 0 Å². The Morgan fingerprint density at radius 1 is 1.40 bits per heavy atom. The number of aliphatic hydroxyl groups is 1. The minimum atomic E-state index is -0.0343. The molecule has 0 amide bonds. The Balaban J connectivity index is 2.35. The van der Waals surface area contributed by atoms with Crippen molar-refractivity contribution in [2.45, 2.75) is 19.4 Å². The van der Waals surface area contributed by atoms with Crippen LogP contribution in [-0.2, 0) is 0 Å². The minimum Gasteiger partial charge on any atom is -0.390 e. The molecule has 0 fully saturated rings. The summed E-state index contributed by atoms with van der Waals surface area (Å²) in [5.41, 5.74) is 1.88. The monoisotopic (exact) mass is 330 g/mol. The van der Waals surface area contributed by atoms with Crippen LogP contribution in [0.25, 0.3) is 0 Å². The fourth-order valence-electron chi connectivity index (χ4n) is 2.35. The Morgan fingerprint density at radius 3 is 2.75 bits per heavy atom. The Bertz CT molecular complexity index is 548. The van der Waals surface area contributed by atoms with Gasteiger partial charge in [0.05, 0.1) is 39.9 Å². The molecule has 1 unspecified atom stereocenters.